The lowest BCUT2D eigenvalue weighted by atomic mass is 10.0. The second-order valence-corrected chi connectivity index (χ2v) is 5.80. The Bertz CT molecular complexity index is 559. The molecular weight excluding hydrogens is 268 g/mol. The number of hydrogen-bond donors (Lipinski definition) is 2. The summed E-state index contributed by atoms with van der Waals surface area (Å²) in [6, 6.07) is 4.92. The van der Waals surface area contributed by atoms with Crippen LogP contribution in [0.25, 0.3) is 0 Å². The first-order chi connectivity index (χ1) is 10.2. The molecule has 0 aromatic heterocycles. The van der Waals surface area contributed by atoms with Gasteiger partial charge in [-0.25, -0.2) is 5.43 Å². The van der Waals surface area contributed by atoms with E-state index in [9.17, 15) is 9.90 Å². The average molecular weight is 288 g/mol. The van der Waals surface area contributed by atoms with Gasteiger partial charge in [-0.1, -0.05) is 12.8 Å². The Kier molecular flexibility index (Phi) is 3.82. The fourth-order valence-corrected chi connectivity index (χ4v) is 3.40. The Balaban J connectivity index is 1.56. The zero-order valence-electron chi connectivity index (χ0n) is 12.1. The Morgan fingerprint density at radius 1 is 1.38 bits per heavy atom. The van der Waals surface area contributed by atoms with Crippen LogP contribution in [-0.4, -0.2) is 24.3 Å². The summed E-state index contributed by atoms with van der Waals surface area (Å²) in [6.45, 7) is 0. The van der Waals surface area contributed by atoms with Gasteiger partial charge in [0.25, 0.3) is 0 Å². The number of benzene rings is 1. The van der Waals surface area contributed by atoms with Crippen LogP contribution in [-0.2, 0) is 4.79 Å². The molecule has 0 aliphatic heterocycles. The molecule has 0 spiro atoms. The van der Waals surface area contributed by atoms with Crippen LogP contribution in [0.5, 0.6) is 11.5 Å². The number of amides is 1. The highest BCUT2D eigenvalue weighted by Gasteiger charge is 2.54. The third-order valence-electron chi connectivity index (χ3n) is 4.55. The molecular formula is C16H20N2O3. The maximum atomic E-state index is 12.0. The van der Waals surface area contributed by atoms with Gasteiger partial charge in [0, 0.05) is 5.92 Å². The van der Waals surface area contributed by atoms with E-state index in [0.29, 0.717) is 17.6 Å². The fraction of sp³-hybridized carbons (Fsp3) is 0.500. The van der Waals surface area contributed by atoms with Crippen LogP contribution in [0.2, 0.25) is 0 Å². The van der Waals surface area contributed by atoms with Gasteiger partial charge in [0.05, 0.1) is 13.3 Å². The number of fused-ring (bicyclic) bond motifs is 1. The monoisotopic (exact) mass is 288 g/mol. The summed E-state index contributed by atoms with van der Waals surface area (Å²) in [5, 5.41) is 13.5. The van der Waals surface area contributed by atoms with Crippen molar-refractivity contribution in [1.29, 1.82) is 0 Å². The highest BCUT2D eigenvalue weighted by atomic mass is 16.5. The summed E-state index contributed by atoms with van der Waals surface area (Å²) in [7, 11) is 1.49. The van der Waals surface area contributed by atoms with Gasteiger partial charge in [-0.15, -0.1) is 0 Å². The Morgan fingerprint density at radius 2 is 2.10 bits per heavy atom. The number of nitrogens with zero attached hydrogens (tertiary/aromatic N) is 1. The number of nitrogens with one attached hydrogen (secondary N) is 1. The minimum atomic E-state index is 0.0360. The molecule has 21 heavy (non-hydrogen) atoms. The molecule has 2 atom stereocenters. The summed E-state index contributed by atoms with van der Waals surface area (Å²) in [5.74, 6) is 1.84. The van der Waals surface area contributed by atoms with Crippen LogP contribution >= 0.6 is 0 Å². The van der Waals surface area contributed by atoms with Crippen LogP contribution in [0, 0.1) is 17.8 Å². The van der Waals surface area contributed by atoms with Crippen molar-refractivity contribution in [1.82, 2.24) is 5.43 Å². The summed E-state index contributed by atoms with van der Waals surface area (Å²) >= 11 is 0. The van der Waals surface area contributed by atoms with Crippen molar-refractivity contribution in [2.45, 2.75) is 25.7 Å². The van der Waals surface area contributed by atoms with E-state index < -0.39 is 0 Å². The molecule has 5 nitrogen and oxygen atoms in total. The maximum Gasteiger partial charge on any atom is 0.243 e. The van der Waals surface area contributed by atoms with Crippen molar-refractivity contribution in [2.75, 3.05) is 7.11 Å². The Labute approximate surface area is 124 Å². The number of aromatic hydroxyl groups is 1. The number of carbonyl (C=O) groups excluding carboxylic acids is 1. The first kappa shape index (κ1) is 13.9. The minimum absolute atomic E-state index is 0.0360. The molecule has 2 aliphatic rings. The van der Waals surface area contributed by atoms with E-state index in [-0.39, 0.29) is 17.6 Å². The standard InChI is InChI=1S/C16H20N2O3/c1-21-14-8-10(6-7-13(14)19)9-17-18-16(20)15-11-4-2-3-5-12(11)15/h6-9,11-12,15,19H,2-5H2,1H3,(H,18,20)/b17-9-/t11-,12-/m0/s1. The fourth-order valence-electron chi connectivity index (χ4n) is 3.40. The van der Waals surface area contributed by atoms with Gasteiger partial charge in [0.1, 0.15) is 0 Å². The Morgan fingerprint density at radius 3 is 2.76 bits per heavy atom. The molecule has 0 radical (unpaired) electrons. The molecule has 112 valence electrons. The van der Waals surface area contributed by atoms with Crippen LogP contribution in [0.4, 0.5) is 0 Å². The van der Waals surface area contributed by atoms with Crippen LogP contribution in [0.1, 0.15) is 31.2 Å². The second kappa shape index (κ2) is 5.76. The van der Waals surface area contributed by atoms with Gasteiger partial charge in [0.15, 0.2) is 11.5 Å². The van der Waals surface area contributed by atoms with Crippen molar-refractivity contribution in [2.24, 2.45) is 22.9 Å². The number of methoxy groups -OCH3 is 1. The second-order valence-electron chi connectivity index (χ2n) is 5.80. The summed E-state index contributed by atoms with van der Waals surface area (Å²) < 4.78 is 5.03. The SMILES string of the molecule is COc1cc(/C=N\NC(=O)C2[C@H]3CCCC[C@H]23)ccc1O. The van der Waals surface area contributed by atoms with Crippen molar-refractivity contribution in [3.05, 3.63) is 23.8 Å². The molecule has 1 aromatic carbocycles. The van der Waals surface area contributed by atoms with Gasteiger partial charge in [0.2, 0.25) is 5.91 Å². The highest BCUT2D eigenvalue weighted by Crippen LogP contribution is 2.55. The minimum Gasteiger partial charge on any atom is -0.504 e. The maximum absolute atomic E-state index is 12.0. The van der Waals surface area contributed by atoms with E-state index in [1.54, 1.807) is 18.3 Å². The first-order valence-corrected chi connectivity index (χ1v) is 7.40. The van der Waals surface area contributed by atoms with Crippen molar-refractivity contribution < 1.29 is 14.6 Å². The lowest BCUT2D eigenvalue weighted by Gasteiger charge is -2.04. The van der Waals surface area contributed by atoms with E-state index in [1.165, 1.54) is 38.9 Å². The predicted octanol–water partition coefficient (Wildman–Crippen LogP) is 2.29. The number of hydrazone groups is 1. The van der Waals surface area contributed by atoms with Gasteiger partial charge in [-0.2, -0.15) is 5.10 Å². The van der Waals surface area contributed by atoms with Crippen molar-refractivity contribution in [3.8, 4) is 11.5 Å². The first-order valence-electron chi connectivity index (χ1n) is 7.40. The van der Waals surface area contributed by atoms with Crippen LogP contribution in [0.3, 0.4) is 0 Å². The number of phenolic OH excluding ortho intramolecular Hbond substituents is 1. The normalized spacial score (nSPS) is 27.2. The number of hydrogen-bond acceptors (Lipinski definition) is 4. The smallest absolute Gasteiger partial charge is 0.243 e. The molecule has 0 saturated heterocycles. The molecule has 0 unspecified atom stereocenters. The van der Waals surface area contributed by atoms with E-state index in [4.69, 9.17) is 4.74 Å². The van der Waals surface area contributed by atoms with Crippen LogP contribution in [0.15, 0.2) is 23.3 Å². The molecule has 0 heterocycles. The number of rotatable bonds is 4. The molecule has 2 fully saturated rings. The molecule has 1 amide bonds. The van der Waals surface area contributed by atoms with Gasteiger partial charge >= 0.3 is 0 Å². The quantitative estimate of drug-likeness (QED) is 0.659. The summed E-state index contributed by atoms with van der Waals surface area (Å²) in [4.78, 5) is 12.0. The van der Waals surface area contributed by atoms with Crippen molar-refractivity contribution >= 4 is 12.1 Å². The van der Waals surface area contributed by atoms with Crippen LogP contribution < -0.4 is 10.2 Å². The van der Waals surface area contributed by atoms with Gasteiger partial charge < -0.3 is 9.84 Å². The molecule has 2 saturated carbocycles. The lowest BCUT2D eigenvalue weighted by Crippen LogP contribution is -2.20. The number of phenols is 1. The molecule has 5 heteroatoms. The third kappa shape index (κ3) is 2.86. The largest absolute Gasteiger partial charge is 0.504 e. The lowest BCUT2D eigenvalue weighted by molar-refractivity contribution is -0.122. The molecule has 2 aliphatic carbocycles. The summed E-state index contributed by atoms with van der Waals surface area (Å²) in [5.41, 5.74) is 3.39. The topological polar surface area (TPSA) is 70.9 Å². The molecule has 1 aromatic rings. The molecule has 2 N–H and O–H groups in total. The van der Waals surface area contributed by atoms with E-state index in [2.05, 4.69) is 10.5 Å². The highest BCUT2D eigenvalue weighted by molar-refractivity contribution is 5.85. The van der Waals surface area contributed by atoms with Crippen molar-refractivity contribution in [3.63, 3.8) is 0 Å². The molecule has 0 bridgehead atoms. The zero-order chi connectivity index (χ0) is 14.8. The number of carbonyl (C=O) groups is 1. The van der Waals surface area contributed by atoms with Gasteiger partial charge in [-0.3, -0.25) is 4.79 Å². The zero-order valence-corrected chi connectivity index (χ0v) is 12.1. The summed E-state index contributed by atoms with van der Waals surface area (Å²) in [6.07, 6.45) is 6.43. The van der Waals surface area contributed by atoms with Gasteiger partial charge in [-0.05, 0) is 48.4 Å². The van der Waals surface area contributed by atoms with E-state index in [1.807, 2.05) is 0 Å². The number of ether oxygens (including phenoxy) is 1. The average Bonchev–Trinajstić information content (AvgIpc) is 3.23. The Hall–Kier alpha value is -2.04. The third-order valence-corrected chi connectivity index (χ3v) is 4.55. The van der Waals surface area contributed by atoms with E-state index >= 15 is 0 Å². The predicted molar refractivity (Wildman–Crippen MR) is 79.3 cm³/mol. The molecule has 3 rings (SSSR count). The van der Waals surface area contributed by atoms with E-state index in [0.717, 1.165) is 5.56 Å².